The Bertz CT molecular complexity index is 434. The summed E-state index contributed by atoms with van der Waals surface area (Å²) in [4.78, 5) is 2.12. The van der Waals surface area contributed by atoms with E-state index in [0.717, 1.165) is 12.1 Å². The summed E-state index contributed by atoms with van der Waals surface area (Å²) in [6, 6.07) is 8.87. The summed E-state index contributed by atoms with van der Waals surface area (Å²) < 4.78 is 13.2. The van der Waals surface area contributed by atoms with Crippen molar-refractivity contribution in [1.29, 1.82) is 5.26 Å². The minimum absolute atomic E-state index is 0.0401. The van der Waals surface area contributed by atoms with Gasteiger partial charge >= 0.3 is 0 Å². The van der Waals surface area contributed by atoms with E-state index >= 15 is 0 Å². The van der Waals surface area contributed by atoms with E-state index < -0.39 is 0 Å². The van der Waals surface area contributed by atoms with Gasteiger partial charge in [-0.05, 0) is 38.5 Å². The fourth-order valence-electron chi connectivity index (χ4n) is 2.43. The minimum Gasteiger partial charge on any atom is -0.365 e. The highest BCUT2D eigenvalue weighted by Crippen LogP contribution is 2.36. The first-order valence-corrected chi connectivity index (χ1v) is 5.46. The van der Waals surface area contributed by atoms with Crippen molar-refractivity contribution in [3.05, 3.63) is 30.1 Å². The molecule has 16 heavy (non-hydrogen) atoms. The fourth-order valence-corrected chi connectivity index (χ4v) is 2.43. The molecule has 1 fully saturated rings. The first-order chi connectivity index (χ1) is 7.53. The van der Waals surface area contributed by atoms with Crippen molar-refractivity contribution in [2.24, 2.45) is 5.92 Å². The molecule has 2 rings (SSSR count). The van der Waals surface area contributed by atoms with E-state index in [-0.39, 0.29) is 17.3 Å². The maximum absolute atomic E-state index is 13.2. The van der Waals surface area contributed by atoms with Crippen molar-refractivity contribution >= 4 is 5.69 Å². The van der Waals surface area contributed by atoms with Gasteiger partial charge in [0, 0.05) is 17.8 Å². The Morgan fingerprint density at radius 1 is 1.50 bits per heavy atom. The molecule has 84 valence electrons. The molecule has 0 N–H and O–H groups in total. The molecular formula is C13H15FN2. The maximum Gasteiger partial charge on any atom is 0.125 e. The zero-order valence-corrected chi connectivity index (χ0v) is 9.57. The van der Waals surface area contributed by atoms with Gasteiger partial charge in [-0.3, -0.25) is 0 Å². The van der Waals surface area contributed by atoms with Crippen LogP contribution < -0.4 is 4.90 Å². The van der Waals surface area contributed by atoms with Crippen LogP contribution in [-0.4, -0.2) is 12.1 Å². The fraction of sp³-hybridized carbons (Fsp3) is 0.462. The Balaban J connectivity index is 2.31. The number of halogens is 1. The molecule has 0 amide bonds. The van der Waals surface area contributed by atoms with Gasteiger partial charge in [0.05, 0.1) is 12.0 Å². The zero-order chi connectivity index (χ0) is 11.8. The summed E-state index contributed by atoms with van der Waals surface area (Å²) in [5.74, 6) is -0.188. The summed E-state index contributed by atoms with van der Waals surface area (Å²) in [6.07, 6.45) is 0.833. The third-order valence-corrected chi connectivity index (χ3v) is 3.18. The van der Waals surface area contributed by atoms with Crippen LogP contribution in [0.5, 0.6) is 0 Å². The summed E-state index contributed by atoms with van der Waals surface area (Å²) in [6.45, 7) is 4.87. The van der Waals surface area contributed by atoms with Gasteiger partial charge in [0.2, 0.25) is 0 Å². The highest BCUT2D eigenvalue weighted by molar-refractivity contribution is 5.50. The van der Waals surface area contributed by atoms with E-state index in [9.17, 15) is 4.39 Å². The van der Waals surface area contributed by atoms with Crippen LogP contribution in [0.1, 0.15) is 20.3 Å². The maximum atomic E-state index is 13.2. The van der Waals surface area contributed by atoms with Gasteiger partial charge in [-0.15, -0.1) is 0 Å². The second-order valence-electron chi connectivity index (χ2n) is 4.93. The predicted molar refractivity (Wildman–Crippen MR) is 61.5 cm³/mol. The molecule has 1 heterocycles. The highest BCUT2D eigenvalue weighted by atomic mass is 19.1. The van der Waals surface area contributed by atoms with E-state index in [1.807, 2.05) is 6.07 Å². The standard InChI is InChI=1S/C13H15FN2/c1-13(2)7-10(8-15)9-16(13)12-5-3-4-11(14)6-12/h3-6,10H,7,9H2,1-2H3. The Hall–Kier alpha value is -1.56. The lowest BCUT2D eigenvalue weighted by Crippen LogP contribution is -2.38. The molecule has 0 aromatic heterocycles. The molecule has 1 saturated heterocycles. The van der Waals surface area contributed by atoms with Crippen LogP contribution in [0.4, 0.5) is 10.1 Å². The minimum atomic E-state index is -0.228. The second kappa shape index (κ2) is 3.79. The van der Waals surface area contributed by atoms with E-state index in [4.69, 9.17) is 5.26 Å². The molecule has 1 aliphatic rings. The second-order valence-corrected chi connectivity index (χ2v) is 4.93. The molecule has 1 aromatic carbocycles. The van der Waals surface area contributed by atoms with Gasteiger partial charge in [-0.25, -0.2) is 4.39 Å². The first-order valence-electron chi connectivity index (χ1n) is 5.46. The molecule has 1 atom stereocenters. The monoisotopic (exact) mass is 218 g/mol. The molecule has 0 radical (unpaired) electrons. The van der Waals surface area contributed by atoms with Crippen LogP contribution in [0.2, 0.25) is 0 Å². The number of nitrogens with zero attached hydrogens (tertiary/aromatic N) is 2. The van der Waals surface area contributed by atoms with Crippen molar-refractivity contribution in [3.63, 3.8) is 0 Å². The number of nitriles is 1. The number of hydrogen-bond donors (Lipinski definition) is 0. The van der Waals surface area contributed by atoms with Crippen molar-refractivity contribution in [1.82, 2.24) is 0 Å². The van der Waals surface area contributed by atoms with Crippen LogP contribution in [0.3, 0.4) is 0 Å². The van der Waals surface area contributed by atoms with Gasteiger partial charge in [-0.2, -0.15) is 5.26 Å². The van der Waals surface area contributed by atoms with Crippen molar-refractivity contribution in [2.45, 2.75) is 25.8 Å². The summed E-state index contributed by atoms with van der Waals surface area (Å²) in [5, 5.41) is 8.97. The molecule has 3 heteroatoms. The molecule has 0 aliphatic carbocycles. The summed E-state index contributed by atoms with van der Waals surface area (Å²) in [7, 11) is 0. The number of rotatable bonds is 1. The van der Waals surface area contributed by atoms with Gasteiger partial charge in [0.25, 0.3) is 0 Å². The summed E-state index contributed by atoms with van der Waals surface area (Å²) >= 11 is 0. The van der Waals surface area contributed by atoms with Gasteiger partial charge in [0.1, 0.15) is 5.82 Å². The number of hydrogen-bond acceptors (Lipinski definition) is 2. The van der Waals surface area contributed by atoms with E-state index in [2.05, 4.69) is 24.8 Å². The zero-order valence-electron chi connectivity index (χ0n) is 9.57. The average molecular weight is 218 g/mol. The van der Waals surface area contributed by atoms with E-state index in [1.165, 1.54) is 12.1 Å². The van der Waals surface area contributed by atoms with Crippen molar-refractivity contribution < 1.29 is 4.39 Å². The lowest BCUT2D eigenvalue weighted by atomic mass is 9.97. The number of anilines is 1. The van der Waals surface area contributed by atoms with Crippen molar-refractivity contribution in [3.8, 4) is 6.07 Å². The van der Waals surface area contributed by atoms with Gasteiger partial charge in [-0.1, -0.05) is 6.07 Å². The molecule has 2 nitrogen and oxygen atoms in total. The molecule has 0 bridgehead atoms. The SMILES string of the molecule is CC1(C)CC(C#N)CN1c1cccc(F)c1. The lowest BCUT2D eigenvalue weighted by Gasteiger charge is -2.33. The number of benzene rings is 1. The third-order valence-electron chi connectivity index (χ3n) is 3.18. The van der Waals surface area contributed by atoms with E-state index in [0.29, 0.717) is 6.54 Å². The Morgan fingerprint density at radius 2 is 2.25 bits per heavy atom. The molecule has 1 aliphatic heterocycles. The normalized spacial score (nSPS) is 23.1. The van der Waals surface area contributed by atoms with Gasteiger partial charge < -0.3 is 4.90 Å². The van der Waals surface area contributed by atoms with Gasteiger partial charge in [0.15, 0.2) is 0 Å². The van der Waals surface area contributed by atoms with Crippen LogP contribution in [-0.2, 0) is 0 Å². The Morgan fingerprint density at radius 3 is 2.81 bits per heavy atom. The summed E-state index contributed by atoms with van der Waals surface area (Å²) in [5.41, 5.74) is 0.788. The molecule has 1 unspecified atom stereocenters. The smallest absolute Gasteiger partial charge is 0.125 e. The van der Waals surface area contributed by atoms with Crippen LogP contribution in [0.15, 0.2) is 24.3 Å². The van der Waals surface area contributed by atoms with E-state index in [1.54, 1.807) is 6.07 Å². The molecular weight excluding hydrogens is 203 g/mol. The average Bonchev–Trinajstić information content (AvgIpc) is 2.53. The van der Waals surface area contributed by atoms with Crippen LogP contribution in [0, 0.1) is 23.1 Å². The lowest BCUT2D eigenvalue weighted by molar-refractivity contribution is 0.502. The van der Waals surface area contributed by atoms with Crippen LogP contribution in [0.25, 0.3) is 0 Å². The Kier molecular flexibility index (Phi) is 2.59. The topological polar surface area (TPSA) is 27.0 Å². The third kappa shape index (κ3) is 1.88. The quantitative estimate of drug-likeness (QED) is 0.724. The largest absolute Gasteiger partial charge is 0.365 e. The van der Waals surface area contributed by atoms with Crippen LogP contribution >= 0.6 is 0 Å². The highest BCUT2D eigenvalue weighted by Gasteiger charge is 2.38. The molecule has 0 spiro atoms. The van der Waals surface area contributed by atoms with Crippen molar-refractivity contribution in [2.75, 3.05) is 11.4 Å². The Labute approximate surface area is 95.3 Å². The first kappa shape index (κ1) is 10.9. The molecule has 1 aromatic rings. The predicted octanol–water partition coefficient (Wildman–Crippen LogP) is 2.95. The molecule has 0 saturated carbocycles.